The van der Waals surface area contributed by atoms with Crippen molar-refractivity contribution in [3.05, 3.63) is 83.6 Å². The van der Waals surface area contributed by atoms with E-state index in [0.29, 0.717) is 11.6 Å². The molecule has 5 heteroatoms. The number of rotatable bonds is 5. The molecule has 4 aromatic rings. The number of hydrogen-bond donors (Lipinski definition) is 0. The van der Waals surface area contributed by atoms with Gasteiger partial charge in [0.25, 0.3) is 0 Å². The summed E-state index contributed by atoms with van der Waals surface area (Å²) in [6, 6.07) is 20.7. The van der Waals surface area contributed by atoms with Crippen molar-refractivity contribution >= 4 is 11.8 Å². The normalized spacial score (nSPS) is 11.0. The van der Waals surface area contributed by atoms with Crippen LogP contribution in [-0.2, 0) is 5.75 Å². The first-order valence-corrected chi connectivity index (χ1v) is 9.44. The van der Waals surface area contributed by atoms with Gasteiger partial charge in [-0.25, -0.2) is 0 Å². The van der Waals surface area contributed by atoms with Gasteiger partial charge < -0.3 is 4.42 Å². The van der Waals surface area contributed by atoms with E-state index >= 15 is 0 Å². The van der Waals surface area contributed by atoms with Crippen LogP contribution in [0.1, 0.15) is 16.7 Å². The fraction of sp³-hybridized carbons (Fsp3) is 0.143. The summed E-state index contributed by atoms with van der Waals surface area (Å²) in [5.74, 6) is 2.26. The van der Waals surface area contributed by atoms with Gasteiger partial charge in [-0.2, -0.15) is 0 Å². The SMILES string of the molecule is Cc1ccc(CSc2nnc(-c3ccco3)n2-c2ccc(C)cc2)cc1. The van der Waals surface area contributed by atoms with Crippen molar-refractivity contribution in [1.82, 2.24) is 14.8 Å². The zero-order valence-electron chi connectivity index (χ0n) is 14.7. The summed E-state index contributed by atoms with van der Waals surface area (Å²) in [5, 5.41) is 9.65. The summed E-state index contributed by atoms with van der Waals surface area (Å²) < 4.78 is 7.61. The van der Waals surface area contributed by atoms with Crippen LogP contribution in [0.25, 0.3) is 17.3 Å². The minimum Gasteiger partial charge on any atom is -0.461 e. The molecule has 0 aliphatic heterocycles. The van der Waals surface area contributed by atoms with Gasteiger partial charge in [0.05, 0.1) is 6.26 Å². The number of furan rings is 1. The molecule has 0 atom stereocenters. The van der Waals surface area contributed by atoms with Crippen molar-refractivity contribution in [2.24, 2.45) is 0 Å². The Morgan fingerprint density at radius 1 is 0.885 bits per heavy atom. The van der Waals surface area contributed by atoms with Crippen LogP contribution >= 0.6 is 11.8 Å². The molecular weight excluding hydrogens is 342 g/mol. The molecule has 0 radical (unpaired) electrons. The van der Waals surface area contributed by atoms with Crippen LogP contribution in [0.4, 0.5) is 0 Å². The van der Waals surface area contributed by atoms with E-state index in [1.54, 1.807) is 18.0 Å². The predicted octanol–water partition coefficient (Wildman–Crippen LogP) is 5.44. The van der Waals surface area contributed by atoms with Gasteiger partial charge in [-0.1, -0.05) is 59.3 Å². The maximum Gasteiger partial charge on any atom is 0.205 e. The Bertz CT molecular complexity index is 987. The Kier molecular flexibility index (Phi) is 4.63. The first-order chi connectivity index (χ1) is 12.7. The summed E-state index contributed by atoms with van der Waals surface area (Å²) in [6.45, 7) is 4.18. The second-order valence-electron chi connectivity index (χ2n) is 6.23. The highest BCUT2D eigenvalue weighted by atomic mass is 32.2. The highest BCUT2D eigenvalue weighted by molar-refractivity contribution is 7.98. The average molecular weight is 361 g/mol. The lowest BCUT2D eigenvalue weighted by Crippen LogP contribution is -1.99. The molecule has 2 aromatic carbocycles. The Hall–Kier alpha value is -2.79. The third-order valence-electron chi connectivity index (χ3n) is 4.16. The number of aryl methyl sites for hydroxylation is 2. The molecule has 0 bridgehead atoms. The Balaban J connectivity index is 1.70. The van der Waals surface area contributed by atoms with E-state index in [0.717, 1.165) is 16.6 Å². The molecule has 4 rings (SSSR count). The smallest absolute Gasteiger partial charge is 0.205 e. The lowest BCUT2D eigenvalue weighted by atomic mass is 10.2. The average Bonchev–Trinajstić information content (AvgIpc) is 3.31. The molecule has 4 nitrogen and oxygen atoms in total. The van der Waals surface area contributed by atoms with Crippen molar-refractivity contribution in [2.75, 3.05) is 0 Å². The van der Waals surface area contributed by atoms with Gasteiger partial charge in [0.1, 0.15) is 0 Å². The molecule has 0 spiro atoms. The first-order valence-electron chi connectivity index (χ1n) is 8.45. The van der Waals surface area contributed by atoms with Gasteiger partial charge in [-0.05, 0) is 43.7 Å². The summed E-state index contributed by atoms with van der Waals surface area (Å²) in [7, 11) is 0. The van der Waals surface area contributed by atoms with Crippen LogP contribution in [0.3, 0.4) is 0 Å². The molecule has 0 saturated carbocycles. The largest absolute Gasteiger partial charge is 0.461 e. The van der Waals surface area contributed by atoms with E-state index in [1.165, 1.54) is 16.7 Å². The third-order valence-corrected chi connectivity index (χ3v) is 5.16. The zero-order valence-corrected chi connectivity index (χ0v) is 15.5. The molecule has 0 fully saturated rings. The van der Waals surface area contributed by atoms with E-state index in [9.17, 15) is 0 Å². The molecule has 130 valence electrons. The second kappa shape index (κ2) is 7.22. The van der Waals surface area contributed by atoms with Crippen molar-refractivity contribution in [3.63, 3.8) is 0 Å². The molecule has 0 N–H and O–H groups in total. The summed E-state index contributed by atoms with van der Waals surface area (Å²) in [5.41, 5.74) is 4.77. The van der Waals surface area contributed by atoms with Crippen LogP contribution in [0.2, 0.25) is 0 Å². The molecule has 0 saturated heterocycles. The molecule has 0 amide bonds. The second-order valence-corrected chi connectivity index (χ2v) is 7.17. The van der Waals surface area contributed by atoms with Crippen molar-refractivity contribution in [3.8, 4) is 17.3 Å². The molecule has 2 aromatic heterocycles. The maximum absolute atomic E-state index is 5.56. The van der Waals surface area contributed by atoms with Gasteiger partial charge in [-0.15, -0.1) is 10.2 Å². The first kappa shape index (κ1) is 16.7. The lowest BCUT2D eigenvalue weighted by molar-refractivity contribution is 0.575. The zero-order chi connectivity index (χ0) is 17.9. The third kappa shape index (κ3) is 3.44. The predicted molar refractivity (Wildman–Crippen MR) is 105 cm³/mol. The molecular formula is C21H19N3OS. The van der Waals surface area contributed by atoms with E-state index in [1.807, 2.05) is 12.1 Å². The molecule has 0 aliphatic rings. The molecule has 2 heterocycles. The standard InChI is InChI=1S/C21H19N3OS/c1-15-5-9-17(10-6-15)14-26-21-23-22-20(19-4-3-13-25-19)24(21)18-11-7-16(2)8-12-18/h3-13H,14H2,1-2H3. The van der Waals surface area contributed by atoms with Gasteiger partial charge in [0.15, 0.2) is 10.9 Å². The number of benzene rings is 2. The van der Waals surface area contributed by atoms with E-state index in [-0.39, 0.29) is 0 Å². The van der Waals surface area contributed by atoms with Crippen molar-refractivity contribution in [1.29, 1.82) is 0 Å². The summed E-state index contributed by atoms with van der Waals surface area (Å²) in [4.78, 5) is 0. The molecule has 0 unspecified atom stereocenters. The van der Waals surface area contributed by atoms with Crippen molar-refractivity contribution in [2.45, 2.75) is 24.8 Å². The number of nitrogens with zero attached hydrogens (tertiary/aromatic N) is 3. The number of aromatic nitrogens is 3. The Morgan fingerprint density at radius 2 is 1.58 bits per heavy atom. The topological polar surface area (TPSA) is 43.9 Å². The Morgan fingerprint density at radius 3 is 2.23 bits per heavy atom. The van der Waals surface area contributed by atoms with Crippen LogP contribution in [-0.4, -0.2) is 14.8 Å². The van der Waals surface area contributed by atoms with Gasteiger partial charge in [-0.3, -0.25) is 4.57 Å². The van der Waals surface area contributed by atoms with Crippen LogP contribution in [0.15, 0.2) is 76.5 Å². The quantitative estimate of drug-likeness (QED) is 0.444. The minimum absolute atomic E-state index is 0.709. The van der Waals surface area contributed by atoms with E-state index in [4.69, 9.17) is 4.42 Å². The Labute approximate surface area is 156 Å². The van der Waals surface area contributed by atoms with Gasteiger partial charge in [0.2, 0.25) is 5.82 Å². The maximum atomic E-state index is 5.56. The van der Waals surface area contributed by atoms with Crippen molar-refractivity contribution < 1.29 is 4.42 Å². The van der Waals surface area contributed by atoms with Gasteiger partial charge >= 0.3 is 0 Å². The van der Waals surface area contributed by atoms with Crippen LogP contribution in [0, 0.1) is 13.8 Å². The summed E-state index contributed by atoms with van der Waals surface area (Å²) in [6.07, 6.45) is 1.66. The number of hydrogen-bond acceptors (Lipinski definition) is 4. The summed E-state index contributed by atoms with van der Waals surface area (Å²) >= 11 is 1.67. The number of thioether (sulfide) groups is 1. The van der Waals surface area contributed by atoms with E-state index < -0.39 is 0 Å². The fourth-order valence-electron chi connectivity index (χ4n) is 2.69. The lowest BCUT2D eigenvalue weighted by Gasteiger charge is -2.09. The highest BCUT2D eigenvalue weighted by Crippen LogP contribution is 2.30. The van der Waals surface area contributed by atoms with Gasteiger partial charge in [0, 0.05) is 11.4 Å². The van der Waals surface area contributed by atoms with Crippen LogP contribution in [0.5, 0.6) is 0 Å². The van der Waals surface area contributed by atoms with Crippen LogP contribution < -0.4 is 0 Å². The molecule has 0 aliphatic carbocycles. The highest BCUT2D eigenvalue weighted by Gasteiger charge is 2.18. The molecule has 26 heavy (non-hydrogen) atoms. The van der Waals surface area contributed by atoms with E-state index in [2.05, 4.69) is 77.1 Å². The monoisotopic (exact) mass is 361 g/mol. The minimum atomic E-state index is 0.709. The fourth-order valence-corrected chi connectivity index (χ4v) is 3.60.